The molecule has 0 saturated carbocycles. The molecule has 2 amide bonds. The molecule has 0 aromatic heterocycles. The third-order valence-electron chi connectivity index (χ3n) is 6.42. The Morgan fingerprint density at radius 3 is 2.42 bits per heavy atom. The van der Waals surface area contributed by atoms with Gasteiger partial charge in [-0.3, -0.25) is 9.59 Å². The van der Waals surface area contributed by atoms with Gasteiger partial charge in [0, 0.05) is 56.6 Å². The van der Waals surface area contributed by atoms with E-state index in [0.717, 1.165) is 36.2 Å². The molecule has 208 valence electrons. The molecule has 1 saturated heterocycles. The van der Waals surface area contributed by atoms with Crippen molar-refractivity contribution in [2.24, 2.45) is 0 Å². The predicted molar refractivity (Wildman–Crippen MR) is 148 cm³/mol. The number of carbonyl (C=O) groups is 2. The van der Waals surface area contributed by atoms with Crippen LogP contribution in [0.1, 0.15) is 76.7 Å². The fraction of sp³-hybridized carbons (Fsp3) is 0.467. The largest absolute Gasteiger partial charge is 0.374 e. The Bertz CT molecular complexity index is 1110. The molecule has 1 aromatic rings. The van der Waals surface area contributed by atoms with Crippen LogP contribution in [0.5, 0.6) is 0 Å². The molecule has 6 nitrogen and oxygen atoms in total. The van der Waals surface area contributed by atoms with Crippen LogP contribution in [0.2, 0.25) is 0 Å². The topological polar surface area (TPSA) is 61.9 Å². The summed E-state index contributed by atoms with van der Waals surface area (Å²) in [6.45, 7) is 12.6. The van der Waals surface area contributed by atoms with Crippen molar-refractivity contribution >= 4 is 17.4 Å². The van der Waals surface area contributed by atoms with Crippen LogP contribution in [0.15, 0.2) is 53.5 Å². The standard InChI is InChI=1S/C28H35F2N3O3.C2H6/c1-6-7-8-22-13-18(2)9-10-33(22)26(16-23-17-32(20(4)34)11-12-36-23)19(3)27-24(29)14-21(15-25(27)30)28(35)31-5;1-2/h8-10,13-15,23H,6-7,11-12,16-17H2,1-5H3,(H,31,35);1-2H3/b22-8+,26-19+;. The molecule has 0 spiro atoms. The minimum absolute atomic E-state index is 0.0348. The second kappa shape index (κ2) is 14.6. The maximum absolute atomic E-state index is 15.3. The average Bonchev–Trinajstić information content (AvgIpc) is 2.91. The zero-order valence-electron chi connectivity index (χ0n) is 23.7. The van der Waals surface area contributed by atoms with E-state index < -0.39 is 17.5 Å². The van der Waals surface area contributed by atoms with Gasteiger partial charge in [0.1, 0.15) is 11.6 Å². The van der Waals surface area contributed by atoms with Crippen molar-refractivity contribution in [1.29, 1.82) is 0 Å². The first-order valence-corrected chi connectivity index (χ1v) is 13.3. The molecule has 3 rings (SSSR count). The van der Waals surface area contributed by atoms with Gasteiger partial charge in [0.15, 0.2) is 0 Å². The fourth-order valence-electron chi connectivity index (χ4n) is 4.45. The number of benzene rings is 1. The zero-order chi connectivity index (χ0) is 28.4. The van der Waals surface area contributed by atoms with Gasteiger partial charge in [0.25, 0.3) is 5.91 Å². The van der Waals surface area contributed by atoms with E-state index in [1.165, 1.54) is 14.0 Å². The Labute approximate surface area is 225 Å². The van der Waals surface area contributed by atoms with Crippen molar-refractivity contribution < 1.29 is 23.1 Å². The number of amides is 2. The van der Waals surface area contributed by atoms with Gasteiger partial charge in [0.05, 0.1) is 18.3 Å². The maximum atomic E-state index is 15.3. The molecular weight excluding hydrogens is 488 g/mol. The van der Waals surface area contributed by atoms with Crippen LogP contribution < -0.4 is 5.32 Å². The van der Waals surface area contributed by atoms with Crippen LogP contribution in [0, 0.1) is 11.6 Å². The molecule has 2 aliphatic rings. The van der Waals surface area contributed by atoms with E-state index in [2.05, 4.69) is 18.3 Å². The summed E-state index contributed by atoms with van der Waals surface area (Å²) in [5.74, 6) is -2.23. The van der Waals surface area contributed by atoms with Crippen molar-refractivity contribution in [3.8, 4) is 0 Å². The number of allylic oxidation sites excluding steroid dienone is 5. The summed E-state index contributed by atoms with van der Waals surface area (Å²) in [4.78, 5) is 27.6. The maximum Gasteiger partial charge on any atom is 0.251 e. The minimum atomic E-state index is -0.815. The summed E-state index contributed by atoms with van der Waals surface area (Å²) in [5.41, 5.74) is 2.77. The first-order valence-electron chi connectivity index (χ1n) is 13.3. The lowest BCUT2D eigenvalue weighted by Gasteiger charge is -2.36. The van der Waals surface area contributed by atoms with Crippen molar-refractivity contribution in [3.63, 3.8) is 0 Å². The SMILES string of the molecule is CC.CCC/C=C1\C=C(C)C=CN1/C(CC1CN(C(C)=O)CCO1)=C(\C)c1c(F)cc(C(=O)NC)cc1F. The molecule has 2 heterocycles. The summed E-state index contributed by atoms with van der Waals surface area (Å²) in [7, 11) is 1.41. The molecule has 2 aliphatic heterocycles. The summed E-state index contributed by atoms with van der Waals surface area (Å²) >= 11 is 0. The van der Waals surface area contributed by atoms with Gasteiger partial charge in [-0.05, 0) is 55.7 Å². The van der Waals surface area contributed by atoms with Crippen molar-refractivity contribution in [2.45, 2.75) is 66.9 Å². The van der Waals surface area contributed by atoms with Gasteiger partial charge in [-0.1, -0.05) is 33.3 Å². The van der Waals surface area contributed by atoms with E-state index >= 15 is 8.78 Å². The lowest BCUT2D eigenvalue weighted by atomic mass is 9.96. The highest BCUT2D eigenvalue weighted by atomic mass is 19.1. The molecule has 38 heavy (non-hydrogen) atoms. The molecule has 1 fully saturated rings. The minimum Gasteiger partial charge on any atom is -0.374 e. The van der Waals surface area contributed by atoms with Crippen molar-refractivity contribution in [2.75, 3.05) is 26.7 Å². The first-order chi connectivity index (χ1) is 18.2. The molecular formula is C30H41F2N3O3. The van der Waals surface area contributed by atoms with Crippen molar-refractivity contribution in [3.05, 3.63) is 76.3 Å². The third-order valence-corrected chi connectivity index (χ3v) is 6.42. The Hall–Kier alpha value is -3.26. The second-order valence-corrected chi connectivity index (χ2v) is 9.12. The number of hydrogen-bond donors (Lipinski definition) is 1. The van der Waals surface area contributed by atoms with Crippen LogP contribution in [-0.2, 0) is 9.53 Å². The normalized spacial score (nSPS) is 18.9. The zero-order valence-corrected chi connectivity index (χ0v) is 23.7. The molecule has 0 radical (unpaired) electrons. The predicted octanol–water partition coefficient (Wildman–Crippen LogP) is 6.18. The van der Waals surface area contributed by atoms with Gasteiger partial charge in [-0.15, -0.1) is 0 Å². The number of ether oxygens (including phenoxy) is 1. The van der Waals surface area contributed by atoms with Gasteiger partial charge >= 0.3 is 0 Å². The monoisotopic (exact) mass is 529 g/mol. The summed E-state index contributed by atoms with van der Waals surface area (Å²) in [6.07, 6.45) is 9.78. The Balaban J connectivity index is 0.00000247. The first kappa shape index (κ1) is 31.0. The van der Waals surface area contributed by atoms with Crippen LogP contribution >= 0.6 is 0 Å². The third kappa shape index (κ3) is 7.63. The molecule has 1 aromatic carbocycles. The lowest BCUT2D eigenvalue weighted by molar-refractivity contribution is -0.136. The molecule has 8 heteroatoms. The van der Waals surface area contributed by atoms with E-state index in [1.807, 2.05) is 44.0 Å². The molecule has 1 unspecified atom stereocenters. The van der Waals surface area contributed by atoms with Gasteiger partial charge in [-0.25, -0.2) is 8.78 Å². The number of carbonyl (C=O) groups excluding carboxylic acids is 2. The van der Waals surface area contributed by atoms with Crippen LogP contribution in [0.4, 0.5) is 8.78 Å². The number of halogens is 2. The molecule has 0 aliphatic carbocycles. The Morgan fingerprint density at radius 2 is 1.84 bits per heavy atom. The number of unbranched alkanes of at least 4 members (excludes halogenated alkanes) is 1. The van der Waals surface area contributed by atoms with Gasteiger partial charge in [-0.2, -0.15) is 0 Å². The number of hydrogen-bond acceptors (Lipinski definition) is 4. The fourth-order valence-corrected chi connectivity index (χ4v) is 4.45. The summed E-state index contributed by atoms with van der Waals surface area (Å²) in [5, 5.41) is 2.39. The number of rotatable bonds is 7. The van der Waals surface area contributed by atoms with E-state index in [4.69, 9.17) is 4.74 Å². The number of morpholine rings is 1. The van der Waals surface area contributed by atoms with Crippen molar-refractivity contribution in [1.82, 2.24) is 15.1 Å². The highest BCUT2D eigenvalue weighted by molar-refractivity contribution is 5.94. The smallest absolute Gasteiger partial charge is 0.251 e. The van der Waals surface area contributed by atoms with Gasteiger partial charge in [0.2, 0.25) is 5.91 Å². The summed E-state index contributed by atoms with van der Waals surface area (Å²) < 4.78 is 36.6. The van der Waals surface area contributed by atoms with Crippen LogP contribution in [-0.4, -0.2) is 54.5 Å². The van der Waals surface area contributed by atoms with E-state index in [1.54, 1.807) is 11.8 Å². The van der Waals surface area contributed by atoms with Crippen LogP contribution in [0.25, 0.3) is 5.57 Å². The molecule has 1 atom stereocenters. The van der Waals surface area contributed by atoms with Crippen LogP contribution in [0.3, 0.4) is 0 Å². The molecule has 1 N–H and O–H groups in total. The highest BCUT2D eigenvalue weighted by Crippen LogP contribution is 2.34. The summed E-state index contributed by atoms with van der Waals surface area (Å²) in [6, 6.07) is 2.10. The highest BCUT2D eigenvalue weighted by Gasteiger charge is 2.28. The lowest BCUT2D eigenvalue weighted by Crippen LogP contribution is -2.45. The Morgan fingerprint density at radius 1 is 1.18 bits per heavy atom. The quantitative estimate of drug-likeness (QED) is 0.458. The van der Waals surface area contributed by atoms with E-state index in [-0.39, 0.29) is 23.1 Å². The average molecular weight is 530 g/mol. The van der Waals surface area contributed by atoms with E-state index in [9.17, 15) is 9.59 Å². The van der Waals surface area contributed by atoms with E-state index in [0.29, 0.717) is 37.4 Å². The molecule has 0 bridgehead atoms. The Kier molecular flexibility index (Phi) is 11.9. The van der Waals surface area contributed by atoms with Gasteiger partial charge < -0.3 is 19.9 Å². The number of nitrogens with one attached hydrogen (secondary N) is 1. The second-order valence-electron chi connectivity index (χ2n) is 9.12. The number of nitrogens with zero attached hydrogens (tertiary/aromatic N) is 2.